The normalized spacial score (nSPS) is 10.2. The van der Waals surface area contributed by atoms with Crippen LogP contribution in [-0.2, 0) is 4.84 Å². The predicted octanol–water partition coefficient (Wildman–Crippen LogP) is 0.0481. The van der Waals surface area contributed by atoms with Crippen LogP contribution in [0.25, 0.3) is 0 Å². The maximum absolute atomic E-state index is 12.0. The van der Waals surface area contributed by atoms with Crippen molar-refractivity contribution in [3.8, 4) is 5.75 Å². The van der Waals surface area contributed by atoms with Crippen LogP contribution in [0.3, 0.4) is 0 Å². The van der Waals surface area contributed by atoms with E-state index in [0.717, 1.165) is 0 Å². The molecule has 132 valence electrons. The second-order valence-corrected chi connectivity index (χ2v) is 4.98. The zero-order valence-corrected chi connectivity index (χ0v) is 13.6. The summed E-state index contributed by atoms with van der Waals surface area (Å²) >= 11 is 5.69. The van der Waals surface area contributed by atoms with E-state index < -0.39 is 17.6 Å². The fourth-order valence-electron chi connectivity index (χ4n) is 1.75. The Morgan fingerprint density at radius 3 is 2.72 bits per heavy atom. The Bertz CT molecular complexity index is 830. The smallest absolute Gasteiger partial charge is 0.362 e. The van der Waals surface area contributed by atoms with Gasteiger partial charge in [0.25, 0.3) is 5.91 Å². The van der Waals surface area contributed by atoms with Gasteiger partial charge in [-0.1, -0.05) is 17.2 Å². The Morgan fingerprint density at radius 1 is 1.32 bits per heavy atom. The van der Waals surface area contributed by atoms with Crippen LogP contribution in [0.1, 0.15) is 20.8 Å². The van der Waals surface area contributed by atoms with Gasteiger partial charge in [-0.05, 0) is 12.1 Å². The number of aromatic nitrogens is 2. The quantitative estimate of drug-likeness (QED) is 0.183. The van der Waals surface area contributed by atoms with Gasteiger partial charge in [0.2, 0.25) is 0 Å². The van der Waals surface area contributed by atoms with Gasteiger partial charge in [0.15, 0.2) is 17.3 Å². The van der Waals surface area contributed by atoms with Gasteiger partial charge in [-0.2, -0.15) is 0 Å². The summed E-state index contributed by atoms with van der Waals surface area (Å²) in [7, 11) is 1.40. The van der Waals surface area contributed by atoms with Crippen LogP contribution >= 0.6 is 11.6 Å². The highest BCUT2D eigenvalue weighted by atomic mass is 35.5. The molecule has 0 unspecified atom stereocenters. The van der Waals surface area contributed by atoms with Gasteiger partial charge in [-0.3, -0.25) is 10.2 Å². The van der Waals surface area contributed by atoms with Gasteiger partial charge >= 0.3 is 5.97 Å². The van der Waals surface area contributed by atoms with Crippen LogP contribution in [0.15, 0.2) is 18.3 Å². The molecule has 1 aromatic carbocycles. The predicted molar refractivity (Wildman–Crippen MR) is 89.5 cm³/mol. The molecule has 0 saturated heterocycles. The Kier molecular flexibility index (Phi) is 5.41. The van der Waals surface area contributed by atoms with E-state index in [-0.39, 0.29) is 33.6 Å². The molecular weight excluding hydrogens is 354 g/mol. The number of carbonyl (C=O) groups excluding carboxylic acids is 2. The number of rotatable bonds is 5. The summed E-state index contributed by atoms with van der Waals surface area (Å²) < 4.78 is 0. The van der Waals surface area contributed by atoms with Crippen LogP contribution in [0.2, 0.25) is 5.15 Å². The van der Waals surface area contributed by atoms with Crippen molar-refractivity contribution in [2.75, 3.05) is 23.9 Å². The number of anilines is 3. The molecule has 0 aliphatic heterocycles. The minimum atomic E-state index is -0.979. The summed E-state index contributed by atoms with van der Waals surface area (Å²) in [5.74, 6) is -2.06. The number of nitrogen functional groups attached to an aromatic ring is 2. The molecule has 0 bridgehead atoms. The highest BCUT2D eigenvalue weighted by Crippen LogP contribution is 2.28. The number of phenols is 1. The van der Waals surface area contributed by atoms with Crippen LogP contribution in [0, 0.1) is 0 Å². The summed E-state index contributed by atoms with van der Waals surface area (Å²) in [6.07, 6.45) is 1.18. The lowest BCUT2D eigenvalue weighted by Gasteiger charge is -2.11. The first-order chi connectivity index (χ1) is 11.8. The number of halogens is 1. The number of hydrogen-bond acceptors (Lipinski definition) is 10. The van der Waals surface area contributed by atoms with Crippen molar-refractivity contribution in [2.45, 2.75) is 0 Å². The Balaban J connectivity index is 2.09. The molecule has 0 fully saturated rings. The van der Waals surface area contributed by atoms with E-state index in [1.807, 2.05) is 0 Å². The van der Waals surface area contributed by atoms with Crippen molar-refractivity contribution in [1.29, 1.82) is 0 Å². The fourth-order valence-corrected chi connectivity index (χ4v) is 1.88. The standard InChI is InChI=1S/C13H14ClN7O4/c1-17-12(23)9-11(18-4-8(14)19-9)20-21-25-13(24)6-2-5(15)3-7(16)10(6)22/h2-4,21-22H,15-16H2,1H3,(H,17,23)(H,18,20). The number of carbonyl (C=O) groups is 2. The number of nitrogens with one attached hydrogen (secondary N) is 3. The van der Waals surface area contributed by atoms with Crippen LogP contribution in [-0.4, -0.2) is 34.0 Å². The SMILES string of the molecule is CNC(=O)c1nc(Cl)cnc1NNOC(=O)c1cc(N)cc(N)c1O. The van der Waals surface area contributed by atoms with E-state index in [9.17, 15) is 14.7 Å². The molecule has 0 radical (unpaired) electrons. The minimum absolute atomic E-state index is 0.00121. The molecule has 1 heterocycles. The molecule has 0 saturated carbocycles. The van der Waals surface area contributed by atoms with E-state index >= 15 is 0 Å². The molecule has 0 aliphatic carbocycles. The lowest BCUT2D eigenvalue weighted by atomic mass is 10.1. The zero-order valence-electron chi connectivity index (χ0n) is 12.8. The Labute approximate surface area is 146 Å². The van der Waals surface area contributed by atoms with E-state index in [1.165, 1.54) is 25.4 Å². The third-order valence-corrected chi connectivity index (χ3v) is 3.06. The number of aromatic hydroxyl groups is 1. The fraction of sp³-hybridized carbons (Fsp3) is 0.0769. The topological polar surface area (TPSA) is 178 Å². The summed E-state index contributed by atoms with van der Waals surface area (Å²) in [6, 6.07) is 2.48. The van der Waals surface area contributed by atoms with E-state index in [1.54, 1.807) is 0 Å². The van der Waals surface area contributed by atoms with Crippen molar-refractivity contribution < 1.29 is 19.5 Å². The highest BCUT2D eigenvalue weighted by Gasteiger charge is 2.18. The average molecular weight is 368 g/mol. The molecule has 2 rings (SSSR count). The lowest BCUT2D eigenvalue weighted by molar-refractivity contribution is 0.0303. The number of hydrogen-bond donors (Lipinski definition) is 6. The number of nitrogens with two attached hydrogens (primary N) is 2. The number of amides is 1. The highest BCUT2D eigenvalue weighted by molar-refractivity contribution is 6.29. The number of hydrazine groups is 1. The van der Waals surface area contributed by atoms with Gasteiger partial charge in [0.05, 0.1) is 11.9 Å². The van der Waals surface area contributed by atoms with Gasteiger partial charge in [-0.15, -0.1) is 0 Å². The largest absolute Gasteiger partial charge is 0.505 e. The molecule has 0 atom stereocenters. The van der Waals surface area contributed by atoms with Crippen molar-refractivity contribution in [1.82, 2.24) is 20.9 Å². The second-order valence-electron chi connectivity index (χ2n) is 4.59. The van der Waals surface area contributed by atoms with Gasteiger partial charge in [0, 0.05) is 12.7 Å². The molecular formula is C13H14ClN7O4. The van der Waals surface area contributed by atoms with Gasteiger partial charge in [-0.25, -0.2) is 14.8 Å². The molecule has 2 aromatic rings. The molecule has 1 aromatic heterocycles. The lowest BCUT2D eigenvalue weighted by Crippen LogP contribution is -2.29. The van der Waals surface area contributed by atoms with E-state index in [0.29, 0.717) is 0 Å². The minimum Gasteiger partial charge on any atom is -0.505 e. The number of benzene rings is 1. The second kappa shape index (κ2) is 7.51. The first kappa shape index (κ1) is 18.0. The molecule has 12 heteroatoms. The monoisotopic (exact) mass is 367 g/mol. The molecule has 0 aliphatic rings. The van der Waals surface area contributed by atoms with Gasteiger partial charge < -0.3 is 26.7 Å². The molecule has 11 nitrogen and oxygen atoms in total. The maximum Gasteiger partial charge on any atom is 0.362 e. The zero-order chi connectivity index (χ0) is 18.6. The van der Waals surface area contributed by atoms with Gasteiger partial charge in [0.1, 0.15) is 10.7 Å². The Morgan fingerprint density at radius 2 is 2.04 bits per heavy atom. The van der Waals surface area contributed by atoms with E-state index in [4.69, 9.17) is 27.9 Å². The summed E-state index contributed by atoms with van der Waals surface area (Å²) in [4.78, 5) is 36.1. The number of phenolic OH excluding ortho intramolecular Hbond substituents is 1. The third-order valence-electron chi connectivity index (χ3n) is 2.88. The van der Waals surface area contributed by atoms with Crippen molar-refractivity contribution in [3.05, 3.63) is 34.7 Å². The van der Waals surface area contributed by atoms with Crippen molar-refractivity contribution in [2.24, 2.45) is 0 Å². The van der Waals surface area contributed by atoms with Crippen LogP contribution in [0.4, 0.5) is 17.2 Å². The molecule has 0 spiro atoms. The molecule has 1 amide bonds. The maximum atomic E-state index is 12.0. The number of nitrogens with zero attached hydrogens (tertiary/aromatic N) is 2. The molecule has 25 heavy (non-hydrogen) atoms. The van der Waals surface area contributed by atoms with Crippen molar-refractivity contribution >= 4 is 40.7 Å². The summed E-state index contributed by atoms with van der Waals surface area (Å²) in [6.45, 7) is 0. The summed E-state index contributed by atoms with van der Waals surface area (Å²) in [5.41, 5.74) is 15.2. The first-order valence-corrected chi connectivity index (χ1v) is 7.06. The Hall–Kier alpha value is -3.31. The first-order valence-electron chi connectivity index (χ1n) is 6.68. The van der Waals surface area contributed by atoms with Crippen LogP contribution < -0.4 is 27.8 Å². The average Bonchev–Trinajstić information content (AvgIpc) is 2.58. The van der Waals surface area contributed by atoms with Crippen LogP contribution in [0.5, 0.6) is 5.75 Å². The third kappa shape index (κ3) is 4.16. The molecule has 8 N–H and O–H groups in total. The summed E-state index contributed by atoms with van der Waals surface area (Å²) in [5, 5.41) is 12.1. The van der Waals surface area contributed by atoms with Crippen molar-refractivity contribution in [3.63, 3.8) is 0 Å². The van der Waals surface area contributed by atoms with E-state index in [2.05, 4.69) is 26.3 Å².